The van der Waals surface area contributed by atoms with Gasteiger partial charge in [0.05, 0.1) is 12.1 Å². The molecule has 1 amide bonds. The summed E-state index contributed by atoms with van der Waals surface area (Å²) in [5, 5.41) is 3.57. The van der Waals surface area contributed by atoms with Gasteiger partial charge in [-0.15, -0.1) is 11.3 Å². The summed E-state index contributed by atoms with van der Waals surface area (Å²) in [7, 11) is 0. The van der Waals surface area contributed by atoms with Crippen LogP contribution in [0.25, 0.3) is 0 Å². The van der Waals surface area contributed by atoms with E-state index in [1.807, 2.05) is 49.4 Å². The Balaban J connectivity index is 1.65. The van der Waals surface area contributed by atoms with E-state index >= 15 is 0 Å². The minimum Gasteiger partial charge on any atom is -0.302 e. The molecule has 0 aliphatic rings. The second kappa shape index (κ2) is 7.73. The molecule has 1 N–H and O–H groups in total. The predicted molar refractivity (Wildman–Crippen MR) is 103 cm³/mol. The molecule has 3 rings (SSSR count). The fraction of sp³-hybridized carbons (Fsp3) is 0.158. The van der Waals surface area contributed by atoms with Crippen molar-refractivity contribution in [3.63, 3.8) is 0 Å². The van der Waals surface area contributed by atoms with Gasteiger partial charge in [-0.3, -0.25) is 4.79 Å². The van der Waals surface area contributed by atoms with E-state index in [-0.39, 0.29) is 5.91 Å². The molecule has 0 aliphatic carbocycles. The summed E-state index contributed by atoms with van der Waals surface area (Å²) < 4.78 is 1.07. The normalized spacial score (nSPS) is 10.6. The Morgan fingerprint density at radius 2 is 1.79 bits per heavy atom. The minimum absolute atomic E-state index is 0.0369. The maximum absolute atomic E-state index is 12.1. The molecule has 3 nitrogen and oxygen atoms in total. The molecule has 122 valence electrons. The van der Waals surface area contributed by atoms with Crippen LogP contribution in [0.5, 0.6) is 0 Å². The molecular formula is C19H17BrN2OS. The Morgan fingerprint density at radius 1 is 1.08 bits per heavy atom. The van der Waals surface area contributed by atoms with Crippen LogP contribution < -0.4 is 5.32 Å². The van der Waals surface area contributed by atoms with Crippen LogP contribution in [0.3, 0.4) is 0 Å². The molecule has 0 saturated carbocycles. The average molecular weight is 401 g/mol. The molecule has 24 heavy (non-hydrogen) atoms. The maximum atomic E-state index is 12.1. The van der Waals surface area contributed by atoms with Crippen molar-refractivity contribution in [2.45, 2.75) is 19.8 Å². The zero-order chi connectivity index (χ0) is 16.9. The third-order valence-corrected chi connectivity index (χ3v) is 5.23. The summed E-state index contributed by atoms with van der Waals surface area (Å²) in [6.45, 7) is 1.98. The second-order valence-electron chi connectivity index (χ2n) is 5.54. The summed E-state index contributed by atoms with van der Waals surface area (Å²) in [5.74, 6) is -0.0369. The first kappa shape index (κ1) is 16.9. The van der Waals surface area contributed by atoms with Gasteiger partial charge in [-0.1, -0.05) is 58.4 Å². The molecule has 0 aliphatic heterocycles. The van der Waals surface area contributed by atoms with Gasteiger partial charge >= 0.3 is 0 Å². The lowest BCUT2D eigenvalue weighted by atomic mass is 10.1. The fourth-order valence-electron chi connectivity index (χ4n) is 2.38. The zero-order valence-electron chi connectivity index (χ0n) is 13.3. The standard InChI is InChI=1S/C19H17BrN2OS/c1-13-17(11-15-7-9-16(20)10-8-15)24-19(21-13)22-18(23)12-14-5-3-2-4-6-14/h2-10H,11-12H2,1H3,(H,21,22,23). The highest BCUT2D eigenvalue weighted by molar-refractivity contribution is 9.10. The van der Waals surface area contributed by atoms with Crippen LogP contribution in [0.15, 0.2) is 59.1 Å². The first-order valence-electron chi connectivity index (χ1n) is 7.64. The van der Waals surface area contributed by atoms with E-state index in [0.717, 1.165) is 22.2 Å². The number of carbonyl (C=O) groups is 1. The lowest BCUT2D eigenvalue weighted by Gasteiger charge is -2.01. The van der Waals surface area contributed by atoms with Crippen molar-refractivity contribution in [3.8, 4) is 0 Å². The first-order valence-corrected chi connectivity index (χ1v) is 9.25. The van der Waals surface area contributed by atoms with Crippen molar-refractivity contribution in [1.82, 2.24) is 4.98 Å². The number of aryl methyl sites for hydroxylation is 1. The van der Waals surface area contributed by atoms with Crippen LogP contribution in [0.4, 0.5) is 5.13 Å². The Labute approximate surface area is 153 Å². The molecule has 2 aromatic carbocycles. The predicted octanol–water partition coefficient (Wildman–Crippen LogP) is 4.99. The quantitative estimate of drug-likeness (QED) is 0.655. The first-order chi connectivity index (χ1) is 11.6. The number of hydrogen-bond donors (Lipinski definition) is 1. The highest BCUT2D eigenvalue weighted by atomic mass is 79.9. The number of rotatable bonds is 5. The van der Waals surface area contributed by atoms with Crippen LogP contribution in [0.1, 0.15) is 21.7 Å². The van der Waals surface area contributed by atoms with Gasteiger partial charge in [0.2, 0.25) is 5.91 Å². The number of aromatic nitrogens is 1. The Morgan fingerprint density at radius 3 is 2.50 bits per heavy atom. The third-order valence-electron chi connectivity index (χ3n) is 3.62. The van der Waals surface area contributed by atoms with E-state index in [4.69, 9.17) is 0 Å². The summed E-state index contributed by atoms with van der Waals surface area (Å²) in [6.07, 6.45) is 1.19. The van der Waals surface area contributed by atoms with Crippen molar-refractivity contribution >= 4 is 38.3 Å². The Hall–Kier alpha value is -1.98. The average Bonchev–Trinajstić information content (AvgIpc) is 2.89. The SMILES string of the molecule is Cc1nc(NC(=O)Cc2ccccc2)sc1Cc1ccc(Br)cc1. The highest BCUT2D eigenvalue weighted by Crippen LogP contribution is 2.26. The molecule has 0 atom stereocenters. The van der Waals surface area contributed by atoms with E-state index in [1.54, 1.807) is 11.3 Å². The number of hydrogen-bond acceptors (Lipinski definition) is 3. The summed E-state index contributed by atoms with van der Waals surface area (Å²) in [5.41, 5.74) is 3.20. The number of benzene rings is 2. The summed E-state index contributed by atoms with van der Waals surface area (Å²) in [4.78, 5) is 17.8. The van der Waals surface area contributed by atoms with E-state index in [0.29, 0.717) is 11.6 Å². The van der Waals surface area contributed by atoms with E-state index in [9.17, 15) is 4.79 Å². The molecule has 0 saturated heterocycles. The van der Waals surface area contributed by atoms with E-state index < -0.39 is 0 Å². The van der Waals surface area contributed by atoms with Crippen molar-refractivity contribution in [2.75, 3.05) is 5.32 Å². The van der Waals surface area contributed by atoms with Crippen molar-refractivity contribution in [2.24, 2.45) is 0 Å². The minimum atomic E-state index is -0.0369. The van der Waals surface area contributed by atoms with Gasteiger partial charge in [0.1, 0.15) is 0 Å². The summed E-state index contributed by atoms with van der Waals surface area (Å²) >= 11 is 4.99. The number of carbonyl (C=O) groups excluding carboxylic acids is 1. The van der Waals surface area contributed by atoms with Crippen LogP contribution in [0.2, 0.25) is 0 Å². The highest BCUT2D eigenvalue weighted by Gasteiger charge is 2.11. The van der Waals surface area contributed by atoms with Gasteiger partial charge in [-0.2, -0.15) is 0 Å². The third kappa shape index (κ3) is 4.52. The molecule has 5 heteroatoms. The number of thiazole rings is 1. The van der Waals surface area contributed by atoms with Crippen LogP contribution in [-0.4, -0.2) is 10.9 Å². The number of anilines is 1. The molecule has 0 bridgehead atoms. The molecule has 3 aromatic rings. The molecule has 0 radical (unpaired) electrons. The van der Waals surface area contributed by atoms with Crippen LogP contribution in [0, 0.1) is 6.92 Å². The second-order valence-corrected chi connectivity index (χ2v) is 7.54. The van der Waals surface area contributed by atoms with Crippen LogP contribution >= 0.6 is 27.3 Å². The topological polar surface area (TPSA) is 42.0 Å². The maximum Gasteiger partial charge on any atom is 0.230 e. The largest absolute Gasteiger partial charge is 0.302 e. The Bertz CT molecular complexity index is 828. The van der Waals surface area contributed by atoms with Gasteiger partial charge < -0.3 is 5.32 Å². The molecule has 0 spiro atoms. The van der Waals surface area contributed by atoms with Gasteiger partial charge in [-0.25, -0.2) is 4.98 Å². The molecule has 0 unspecified atom stereocenters. The monoisotopic (exact) mass is 400 g/mol. The fourth-order valence-corrected chi connectivity index (χ4v) is 3.66. The lowest BCUT2D eigenvalue weighted by Crippen LogP contribution is -2.14. The van der Waals surface area contributed by atoms with E-state index in [1.165, 1.54) is 10.4 Å². The lowest BCUT2D eigenvalue weighted by molar-refractivity contribution is -0.115. The number of nitrogens with one attached hydrogen (secondary N) is 1. The number of nitrogens with zero attached hydrogens (tertiary/aromatic N) is 1. The van der Waals surface area contributed by atoms with Gasteiger partial charge in [-0.05, 0) is 30.2 Å². The Kier molecular flexibility index (Phi) is 5.43. The summed E-state index contributed by atoms with van der Waals surface area (Å²) in [6, 6.07) is 18.0. The molecule has 0 fully saturated rings. The van der Waals surface area contributed by atoms with Crippen molar-refractivity contribution in [3.05, 3.63) is 80.8 Å². The van der Waals surface area contributed by atoms with E-state index in [2.05, 4.69) is 38.4 Å². The molecular weight excluding hydrogens is 384 g/mol. The number of halogens is 1. The van der Waals surface area contributed by atoms with Crippen molar-refractivity contribution < 1.29 is 4.79 Å². The van der Waals surface area contributed by atoms with Gasteiger partial charge in [0, 0.05) is 15.8 Å². The van der Waals surface area contributed by atoms with Crippen molar-refractivity contribution in [1.29, 1.82) is 0 Å². The van der Waals surface area contributed by atoms with Gasteiger partial charge in [0.25, 0.3) is 0 Å². The molecule has 1 aromatic heterocycles. The molecule has 1 heterocycles. The number of amides is 1. The zero-order valence-corrected chi connectivity index (χ0v) is 15.7. The smallest absolute Gasteiger partial charge is 0.230 e. The van der Waals surface area contributed by atoms with Crippen LogP contribution in [-0.2, 0) is 17.6 Å². The van der Waals surface area contributed by atoms with Gasteiger partial charge in [0.15, 0.2) is 5.13 Å².